The smallest absolute Gasteiger partial charge is 0.336 e. The van der Waals surface area contributed by atoms with Crippen molar-refractivity contribution < 1.29 is 9.90 Å². The van der Waals surface area contributed by atoms with Crippen molar-refractivity contribution in [1.82, 2.24) is 25.0 Å². The molecule has 0 radical (unpaired) electrons. The molecule has 3 aromatic heterocycles. The monoisotopic (exact) mass is 355 g/mol. The molecule has 27 heavy (non-hydrogen) atoms. The van der Waals surface area contributed by atoms with Crippen LogP contribution >= 0.6 is 0 Å². The van der Waals surface area contributed by atoms with Crippen molar-refractivity contribution in [2.24, 2.45) is 0 Å². The predicted molar refractivity (Wildman–Crippen MR) is 101 cm³/mol. The van der Waals surface area contributed by atoms with Gasteiger partial charge in [-0.25, -0.2) is 9.78 Å². The molecular formula is C20H13N5O2. The molecule has 2 aromatic carbocycles. The van der Waals surface area contributed by atoms with Gasteiger partial charge in [-0.2, -0.15) is 4.80 Å². The maximum atomic E-state index is 12.0. The molecule has 0 amide bonds. The molecule has 0 fully saturated rings. The Morgan fingerprint density at radius 2 is 1.78 bits per heavy atom. The van der Waals surface area contributed by atoms with Gasteiger partial charge < -0.3 is 10.1 Å². The van der Waals surface area contributed by atoms with E-state index in [4.69, 9.17) is 0 Å². The summed E-state index contributed by atoms with van der Waals surface area (Å²) >= 11 is 0. The summed E-state index contributed by atoms with van der Waals surface area (Å²) in [5.74, 6) is -1.03. The molecule has 0 bridgehead atoms. The first-order valence-electron chi connectivity index (χ1n) is 8.34. The number of carboxylic acids is 1. The molecule has 0 atom stereocenters. The van der Waals surface area contributed by atoms with Crippen LogP contribution in [-0.2, 0) is 0 Å². The van der Waals surface area contributed by atoms with Gasteiger partial charge in [0.05, 0.1) is 28.2 Å². The van der Waals surface area contributed by atoms with E-state index in [1.54, 1.807) is 24.4 Å². The summed E-state index contributed by atoms with van der Waals surface area (Å²) in [7, 11) is 0. The van der Waals surface area contributed by atoms with Crippen molar-refractivity contribution in [3.63, 3.8) is 0 Å². The first-order chi connectivity index (χ1) is 13.2. The number of aromatic amines is 1. The summed E-state index contributed by atoms with van der Waals surface area (Å²) in [6.45, 7) is 0. The Morgan fingerprint density at radius 1 is 0.963 bits per heavy atom. The van der Waals surface area contributed by atoms with Crippen LogP contribution in [0, 0.1) is 0 Å². The first-order valence-corrected chi connectivity index (χ1v) is 8.34. The van der Waals surface area contributed by atoms with Gasteiger partial charge in [-0.15, -0.1) is 10.2 Å². The second kappa shape index (κ2) is 5.77. The standard InChI is InChI=1S/C20H13N5O2/c26-20(27)13-11-17(14-7-4-10-21-14)22-15-8-9-16-19(18(13)15)24-25(23-16)12-5-2-1-3-6-12/h1-11,21H,(H,26,27). The lowest BCUT2D eigenvalue weighted by atomic mass is 10.1. The van der Waals surface area contributed by atoms with E-state index in [0.29, 0.717) is 27.6 Å². The SMILES string of the molecule is O=C(O)c1cc(-c2ccc[nH]2)nc2ccc3nn(-c4ccccc4)nc3c12. The zero-order valence-corrected chi connectivity index (χ0v) is 14.0. The van der Waals surface area contributed by atoms with Crippen LogP contribution in [0.3, 0.4) is 0 Å². The molecule has 0 aliphatic heterocycles. The molecule has 130 valence electrons. The molecule has 3 heterocycles. The number of aromatic carboxylic acids is 1. The summed E-state index contributed by atoms with van der Waals surface area (Å²) in [6, 6.07) is 18.3. The highest BCUT2D eigenvalue weighted by atomic mass is 16.4. The minimum absolute atomic E-state index is 0.148. The molecular weight excluding hydrogens is 342 g/mol. The van der Waals surface area contributed by atoms with Gasteiger partial charge in [0.15, 0.2) is 0 Å². The van der Waals surface area contributed by atoms with Crippen molar-refractivity contribution in [3.8, 4) is 17.1 Å². The molecule has 0 spiro atoms. The number of para-hydroxylation sites is 1. The highest BCUT2D eigenvalue weighted by molar-refractivity contribution is 6.13. The summed E-state index contributed by atoms with van der Waals surface area (Å²) in [6.07, 6.45) is 1.77. The van der Waals surface area contributed by atoms with E-state index in [9.17, 15) is 9.90 Å². The molecule has 0 saturated heterocycles. The van der Waals surface area contributed by atoms with Crippen LogP contribution < -0.4 is 0 Å². The number of pyridine rings is 1. The summed E-state index contributed by atoms with van der Waals surface area (Å²) in [4.78, 5) is 21.2. The van der Waals surface area contributed by atoms with Gasteiger partial charge in [0, 0.05) is 11.6 Å². The highest BCUT2D eigenvalue weighted by Gasteiger charge is 2.18. The van der Waals surface area contributed by atoms with Gasteiger partial charge >= 0.3 is 5.97 Å². The Kier molecular flexibility index (Phi) is 3.26. The van der Waals surface area contributed by atoms with Crippen LogP contribution in [0.15, 0.2) is 66.9 Å². The zero-order valence-electron chi connectivity index (χ0n) is 14.0. The topological polar surface area (TPSA) is 96.7 Å². The molecule has 0 unspecified atom stereocenters. The van der Waals surface area contributed by atoms with E-state index < -0.39 is 5.97 Å². The van der Waals surface area contributed by atoms with Gasteiger partial charge in [-0.05, 0) is 42.5 Å². The fourth-order valence-corrected chi connectivity index (χ4v) is 3.17. The number of nitrogens with one attached hydrogen (secondary N) is 1. The fourth-order valence-electron chi connectivity index (χ4n) is 3.17. The van der Waals surface area contributed by atoms with Crippen LogP contribution in [0.1, 0.15) is 10.4 Å². The van der Waals surface area contributed by atoms with Crippen molar-refractivity contribution in [1.29, 1.82) is 0 Å². The number of hydrogen-bond donors (Lipinski definition) is 2. The Morgan fingerprint density at radius 3 is 2.52 bits per heavy atom. The molecule has 7 heteroatoms. The number of nitrogens with zero attached hydrogens (tertiary/aromatic N) is 4. The molecule has 0 aliphatic carbocycles. The largest absolute Gasteiger partial charge is 0.478 e. The van der Waals surface area contributed by atoms with Crippen molar-refractivity contribution in [2.45, 2.75) is 0 Å². The highest BCUT2D eigenvalue weighted by Crippen LogP contribution is 2.29. The van der Waals surface area contributed by atoms with E-state index in [0.717, 1.165) is 11.4 Å². The number of carboxylic acid groups (broad SMARTS) is 1. The lowest BCUT2D eigenvalue weighted by molar-refractivity contribution is 0.0699. The van der Waals surface area contributed by atoms with Crippen LogP contribution in [0.5, 0.6) is 0 Å². The lowest BCUT2D eigenvalue weighted by Gasteiger charge is -2.06. The average molecular weight is 355 g/mol. The van der Waals surface area contributed by atoms with Crippen molar-refractivity contribution >= 4 is 27.9 Å². The van der Waals surface area contributed by atoms with Crippen molar-refractivity contribution in [3.05, 3.63) is 72.4 Å². The van der Waals surface area contributed by atoms with E-state index in [1.165, 1.54) is 4.80 Å². The molecule has 5 aromatic rings. The lowest BCUT2D eigenvalue weighted by Crippen LogP contribution is -2.01. The Balaban J connectivity index is 1.82. The number of benzene rings is 2. The van der Waals surface area contributed by atoms with Gasteiger partial charge in [0.2, 0.25) is 0 Å². The van der Waals surface area contributed by atoms with Gasteiger partial charge in [0.1, 0.15) is 11.0 Å². The van der Waals surface area contributed by atoms with E-state index in [2.05, 4.69) is 20.2 Å². The minimum Gasteiger partial charge on any atom is -0.478 e. The van der Waals surface area contributed by atoms with E-state index in [1.807, 2.05) is 42.5 Å². The normalized spacial score (nSPS) is 11.3. The van der Waals surface area contributed by atoms with Crippen LogP contribution in [0.25, 0.3) is 39.0 Å². The Labute approximate surface area is 152 Å². The van der Waals surface area contributed by atoms with Gasteiger partial charge in [0.25, 0.3) is 0 Å². The molecule has 0 saturated carbocycles. The number of fused-ring (bicyclic) bond motifs is 3. The quantitative estimate of drug-likeness (QED) is 0.515. The number of H-pyrrole nitrogens is 1. The first kappa shape index (κ1) is 15.3. The molecule has 7 nitrogen and oxygen atoms in total. The molecule has 5 rings (SSSR count). The van der Waals surface area contributed by atoms with Crippen LogP contribution in [0.4, 0.5) is 0 Å². The minimum atomic E-state index is -1.03. The number of rotatable bonds is 3. The van der Waals surface area contributed by atoms with E-state index >= 15 is 0 Å². The molecule has 0 aliphatic rings. The maximum absolute atomic E-state index is 12.0. The third-order valence-electron chi connectivity index (χ3n) is 4.41. The predicted octanol–water partition coefficient (Wildman–Crippen LogP) is 3.66. The zero-order chi connectivity index (χ0) is 18.4. The Hall–Kier alpha value is -4.00. The number of aromatic nitrogens is 5. The van der Waals surface area contributed by atoms with Crippen molar-refractivity contribution in [2.75, 3.05) is 0 Å². The van der Waals surface area contributed by atoms with Crippen LogP contribution in [0.2, 0.25) is 0 Å². The van der Waals surface area contributed by atoms with Gasteiger partial charge in [-0.1, -0.05) is 18.2 Å². The summed E-state index contributed by atoms with van der Waals surface area (Å²) < 4.78 is 0. The van der Waals surface area contributed by atoms with Gasteiger partial charge in [-0.3, -0.25) is 0 Å². The third-order valence-corrected chi connectivity index (χ3v) is 4.41. The fraction of sp³-hybridized carbons (Fsp3) is 0. The number of hydrogen-bond acceptors (Lipinski definition) is 4. The summed E-state index contributed by atoms with van der Waals surface area (Å²) in [5, 5.41) is 19.3. The number of carbonyl (C=O) groups is 1. The maximum Gasteiger partial charge on any atom is 0.336 e. The Bertz CT molecular complexity index is 1290. The third kappa shape index (κ3) is 2.44. The second-order valence-corrected chi connectivity index (χ2v) is 6.10. The van der Waals surface area contributed by atoms with E-state index in [-0.39, 0.29) is 5.56 Å². The van der Waals surface area contributed by atoms with Crippen LogP contribution in [-0.4, -0.2) is 36.0 Å². The second-order valence-electron chi connectivity index (χ2n) is 6.10. The summed E-state index contributed by atoms with van der Waals surface area (Å²) in [5.41, 5.74) is 3.96. The molecule has 2 N–H and O–H groups in total. The average Bonchev–Trinajstić information content (AvgIpc) is 3.37.